The van der Waals surface area contributed by atoms with E-state index in [1.54, 1.807) is 24.3 Å². The first-order valence-electron chi connectivity index (χ1n) is 11.7. The fourth-order valence-corrected chi connectivity index (χ4v) is 4.83. The molecule has 0 aliphatic heterocycles. The lowest BCUT2D eigenvalue weighted by molar-refractivity contribution is -0.660. The second kappa shape index (κ2) is 10.3. The third kappa shape index (κ3) is 4.86. The largest absolute Gasteiger partial charge is 0.326 e. The molecule has 0 saturated heterocycles. The fraction of sp³-hybridized carbons (Fsp3) is 0.0690. The highest BCUT2D eigenvalue weighted by Gasteiger charge is 2.25. The summed E-state index contributed by atoms with van der Waals surface area (Å²) in [5.74, 6) is -0.334. The quantitative estimate of drug-likeness (QED) is 0.232. The molecule has 0 saturated carbocycles. The number of hydrogen-bond acceptors (Lipinski definition) is 2. The van der Waals surface area contributed by atoms with Crippen LogP contribution in [0.25, 0.3) is 29.6 Å². The zero-order valence-corrected chi connectivity index (χ0v) is 21.9. The molecule has 0 fully saturated rings. The van der Waals surface area contributed by atoms with Crippen LogP contribution in [0.15, 0.2) is 76.5 Å². The van der Waals surface area contributed by atoms with Crippen LogP contribution in [0, 0.1) is 12.7 Å². The minimum atomic E-state index is -0.334. The van der Waals surface area contributed by atoms with Crippen molar-refractivity contribution >= 4 is 48.3 Å². The summed E-state index contributed by atoms with van der Waals surface area (Å²) in [6, 6.07) is 18.9. The van der Waals surface area contributed by atoms with Crippen molar-refractivity contribution in [1.82, 2.24) is 14.6 Å². The standard InChI is InChI=1S/C29H22Cl2FN5O/c1-17-25(15-27-18(2)36(29(38)34-27)16-19-4-7-21(32)8-5-19)28(24-13-6-20(30)14-26(24)31)35-37(17)23-11-9-22(33-3)10-12-23/h4-15H,2-3,16H2,1H3,(H,34,38)/p+1/b27-15-. The number of aliphatic imine (C=N–C) groups is 1. The molecule has 9 heteroatoms. The van der Waals surface area contributed by atoms with Crippen molar-refractivity contribution in [3.05, 3.63) is 121 Å². The van der Waals surface area contributed by atoms with Crippen LogP contribution in [-0.2, 0) is 6.54 Å². The minimum absolute atomic E-state index is 0.258. The third-order valence-corrected chi connectivity index (χ3v) is 6.92. The molecule has 5 rings (SSSR count). The summed E-state index contributed by atoms with van der Waals surface area (Å²) in [4.78, 5) is 19.7. The molecular formula is C29H23Cl2FN5O+. The first kappa shape index (κ1) is 25.4. The third-order valence-electron chi connectivity index (χ3n) is 6.38. The number of hydrogen-bond donors (Lipinski definition) is 2. The average molecular weight is 547 g/mol. The Hall–Kier alpha value is -4.20. The number of aromatic amines is 2. The van der Waals surface area contributed by atoms with E-state index in [9.17, 15) is 9.18 Å². The molecule has 190 valence electrons. The second-order valence-electron chi connectivity index (χ2n) is 8.77. The number of aromatic nitrogens is 4. The molecule has 0 amide bonds. The van der Waals surface area contributed by atoms with Crippen LogP contribution in [0.3, 0.4) is 0 Å². The molecular weight excluding hydrogens is 524 g/mol. The van der Waals surface area contributed by atoms with Gasteiger partial charge in [-0.1, -0.05) is 46.6 Å². The molecule has 0 radical (unpaired) electrons. The number of nitrogens with zero attached hydrogens (tertiary/aromatic N) is 3. The molecule has 5 aromatic rings. The highest BCUT2D eigenvalue weighted by Crippen LogP contribution is 2.32. The highest BCUT2D eigenvalue weighted by atomic mass is 35.5. The Kier molecular flexibility index (Phi) is 6.89. The molecule has 0 atom stereocenters. The van der Waals surface area contributed by atoms with Gasteiger partial charge in [-0.2, -0.15) is 5.10 Å². The number of H-pyrrole nitrogens is 2. The SMILES string of the molecule is C=Nc1ccc(-[n+]2[nH]c(-c3ccc(Cl)cc3Cl)c(/C=c3\[nH]c(=O)n(Cc4ccc(F)cc4)c3=C)c2C)cc1. The molecule has 2 heterocycles. The van der Waals surface area contributed by atoms with Crippen molar-refractivity contribution in [3.63, 3.8) is 0 Å². The summed E-state index contributed by atoms with van der Waals surface area (Å²) in [5.41, 5.74) is 5.26. The summed E-state index contributed by atoms with van der Waals surface area (Å²) in [6.07, 6.45) is 1.87. The maximum absolute atomic E-state index is 13.3. The van der Waals surface area contributed by atoms with Gasteiger partial charge in [0.15, 0.2) is 0 Å². The monoisotopic (exact) mass is 546 g/mol. The Balaban J connectivity index is 1.69. The zero-order chi connectivity index (χ0) is 27.0. The van der Waals surface area contributed by atoms with Gasteiger partial charge < -0.3 is 4.98 Å². The average Bonchev–Trinajstić information content (AvgIpc) is 3.36. The lowest BCUT2D eigenvalue weighted by Gasteiger charge is -2.02. The summed E-state index contributed by atoms with van der Waals surface area (Å²) < 4.78 is 16.8. The Morgan fingerprint density at radius 1 is 1.08 bits per heavy atom. The van der Waals surface area contributed by atoms with E-state index in [2.05, 4.69) is 28.4 Å². The van der Waals surface area contributed by atoms with E-state index in [1.807, 2.05) is 48.0 Å². The summed E-state index contributed by atoms with van der Waals surface area (Å²) in [7, 11) is 0. The van der Waals surface area contributed by atoms with Gasteiger partial charge in [0, 0.05) is 29.6 Å². The molecule has 0 aliphatic rings. The minimum Gasteiger partial charge on any atom is -0.306 e. The summed E-state index contributed by atoms with van der Waals surface area (Å²) >= 11 is 12.8. The highest BCUT2D eigenvalue weighted by molar-refractivity contribution is 6.36. The van der Waals surface area contributed by atoms with Gasteiger partial charge in [-0.25, -0.2) is 9.18 Å². The summed E-state index contributed by atoms with van der Waals surface area (Å²) in [5, 5.41) is 5.49. The molecule has 3 aromatic carbocycles. The van der Waals surface area contributed by atoms with E-state index < -0.39 is 0 Å². The van der Waals surface area contributed by atoms with Gasteiger partial charge in [-0.3, -0.25) is 9.56 Å². The van der Waals surface area contributed by atoms with E-state index >= 15 is 0 Å². The van der Waals surface area contributed by atoms with Crippen LogP contribution in [0.4, 0.5) is 10.1 Å². The second-order valence-corrected chi connectivity index (χ2v) is 9.61. The van der Waals surface area contributed by atoms with Gasteiger partial charge in [0.25, 0.3) is 0 Å². The number of imidazole rings is 1. The van der Waals surface area contributed by atoms with Crippen LogP contribution in [0.5, 0.6) is 0 Å². The molecule has 0 spiro atoms. The van der Waals surface area contributed by atoms with Crippen molar-refractivity contribution < 1.29 is 9.07 Å². The summed E-state index contributed by atoms with van der Waals surface area (Å²) in [6.45, 7) is 9.94. The van der Waals surface area contributed by atoms with Gasteiger partial charge >= 0.3 is 5.69 Å². The predicted molar refractivity (Wildman–Crippen MR) is 151 cm³/mol. The number of nitrogens with one attached hydrogen (secondary N) is 2. The van der Waals surface area contributed by atoms with Crippen LogP contribution < -0.4 is 21.1 Å². The first-order valence-corrected chi connectivity index (χ1v) is 12.4. The predicted octanol–water partition coefficient (Wildman–Crippen LogP) is 4.82. The van der Waals surface area contributed by atoms with E-state index in [0.717, 1.165) is 39.5 Å². The molecule has 0 unspecified atom stereocenters. The van der Waals surface area contributed by atoms with Gasteiger partial charge in [0.2, 0.25) is 11.4 Å². The van der Waals surface area contributed by atoms with Gasteiger partial charge in [-0.05, 0) is 60.8 Å². The Labute approximate surface area is 227 Å². The van der Waals surface area contributed by atoms with Gasteiger partial charge in [-0.15, -0.1) is 0 Å². The Morgan fingerprint density at radius 3 is 2.45 bits per heavy atom. The van der Waals surface area contributed by atoms with Crippen LogP contribution in [-0.4, -0.2) is 21.4 Å². The van der Waals surface area contributed by atoms with E-state index in [0.29, 0.717) is 20.7 Å². The van der Waals surface area contributed by atoms with Crippen LogP contribution in [0.1, 0.15) is 16.8 Å². The maximum Gasteiger partial charge on any atom is 0.326 e. The van der Waals surface area contributed by atoms with Crippen molar-refractivity contribution in [2.24, 2.45) is 4.99 Å². The Bertz CT molecular complexity index is 1830. The topological polar surface area (TPSA) is 69.8 Å². The van der Waals surface area contributed by atoms with Gasteiger partial charge in [0.1, 0.15) is 11.5 Å². The van der Waals surface area contributed by atoms with Gasteiger partial charge in [0.05, 0.1) is 33.5 Å². The number of rotatable bonds is 6. The zero-order valence-electron chi connectivity index (χ0n) is 20.4. The normalized spacial score (nSPS) is 11.7. The number of halogens is 3. The molecule has 2 N–H and O–H groups in total. The molecule has 0 bridgehead atoms. The van der Waals surface area contributed by atoms with Crippen molar-refractivity contribution in [2.75, 3.05) is 0 Å². The van der Waals surface area contributed by atoms with Crippen LogP contribution >= 0.6 is 23.2 Å². The fourth-order valence-electron chi connectivity index (χ4n) is 4.32. The van der Waals surface area contributed by atoms with Crippen molar-refractivity contribution in [1.29, 1.82) is 0 Å². The van der Waals surface area contributed by atoms with E-state index in [-0.39, 0.29) is 18.1 Å². The lowest BCUT2D eigenvalue weighted by atomic mass is 10.1. The first-order chi connectivity index (χ1) is 18.2. The van der Waals surface area contributed by atoms with E-state index in [4.69, 9.17) is 23.2 Å². The van der Waals surface area contributed by atoms with E-state index in [1.165, 1.54) is 16.7 Å². The lowest BCUT2D eigenvalue weighted by Crippen LogP contribution is -2.35. The van der Waals surface area contributed by atoms with Crippen molar-refractivity contribution in [2.45, 2.75) is 13.5 Å². The molecule has 6 nitrogen and oxygen atoms in total. The Morgan fingerprint density at radius 2 is 1.79 bits per heavy atom. The number of benzene rings is 3. The molecule has 38 heavy (non-hydrogen) atoms. The van der Waals surface area contributed by atoms with Crippen LogP contribution in [0.2, 0.25) is 10.0 Å². The smallest absolute Gasteiger partial charge is 0.306 e. The van der Waals surface area contributed by atoms with Crippen molar-refractivity contribution in [3.8, 4) is 16.9 Å². The molecule has 2 aromatic heterocycles. The molecule has 0 aliphatic carbocycles. The maximum atomic E-state index is 13.3.